The maximum absolute atomic E-state index is 13.7. The maximum Gasteiger partial charge on any atom is 0.323 e. The van der Waals surface area contributed by atoms with E-state index in [0.29, 0.717) is 23.6 Å². The molecule has 3 amide bonds. The van der Waals surface area contributed by atoms with Crippen molar-refractivity contribution in [3.8, 4) is 5.75 Å². The number of urea groups is 1. The lowest BCUT2D eigenvalue weighted by atomic mass is 9.97. The number of piperidine rings is 1. The van der Waals surface area contributed by atoms with Crippen molar-refractivity contribution in [1.29, 1.82) is 0 Å². The van der Waals surface area contributed by atoms with Crippen LogP contribution in [0.3, 0.4) is 0 Å². The van der Waals surface area contributed by atoms with Gasteiger partial charge in [0, 0.05) is 24.7 Å². The summed E-state index contributed by atoms with van der Waals surface area (Å²) in [5, 5.41) is 5.12. The molecule has 2 aromatic rings. The molecular weight excluding hydrogens is 361 g/mol. The van der Waals surface area contributed by atoms with Crippen molar-refractivity contribution in [1.82, 2.24) is 4.90 Å². The molecule has 4 rings (SSSR count). The van der Waals surface area contributed by atoms with Crippen LogP contribution in [0.15, 0.2) is 42.5 Å². The van der Waals surface area contributed by atoms with Gasteiger partial charge in [-0.05, 0) is 49.6 Å². The molecule has 0 aliphatic carbocycles. The Labute approximate surface area is 162 Å². The molecule has 0 unspecified atom stereocenters. The molecule has 0 aromatic heterocycles. The first-order valence-electron chi connectivity index (χ1n) is 9.52. The molecule has 6 nitrogen and oxygen atoms in total. The minimum absolute atomic E-state index is 0.0717. The number of anilines is 2. The third-order valence-electron chi connectivity index (χ3n) is 5.19. The van der Waals surface area contributed by atoms with E-state index in [2.05, 4.69) is 10.6 Å². The molecule has 1 saturated heterocycles. The highest BCUT2D eigenvalue weighted by Crippen LogP contribution is 2.31. The topological polar surface area (TPSA) is 70.7 Å². The van der Waals surface area contributed by atoms with Gasteiger partial charge in [-0.15, -0.1) is 0 Å². The van der Waals surface area contributed by atoms with Crippen molar-refractivity contribution in [3.63, 3.8) is 0 Å². The molecule has 0 radical (unpaired) electrons. The number of nitrogens with zero attached hydrogens (tertiary/aromatic N) is 1. The highest BCUT2D eigenvalue weighted by molar-refractivity contribution is 6.02. The van der Waals surface area contributed by atoms with Gasteiger partial charge in [-0.3, -0.25) is 4.79 Å². The highest BCUT2D eigenvalue weighted by Gasteiger charge is 2.31. The van der Waals surface area contributed by atoms with Gasteiger partial charge in [0.05, 0.1) is 17.9 Å². The average molecular weight is 383 g/mol. The lowest BCUT2D eigenvalue weighted by Gasteiger charge is -2.37. The minimum Gasteiger partial charge on any atom is -0.493 e. The molecule has 2 aliphatic rings. The Balaban J connectivity index is 1.53. The number of hydrogen-bond donors (Lipinski definition) is 2. The van der Waals surface area contributed by atoms with E-state index in [1.807, 2.05) is 4.90 Å². The molecule has 7 heteroatoms. The van der Waals surface area contributed by atoms with E-state index >= 15 is 0 Å². The Kier molecular flexibility index (Phi) is 5.14. The Morgan fingerprint density at radius 3 is 2.82 bits per heavy atom. The summed E-state index contributed by atoms with van der Waals surface area (Å²) in [5.74, 6) is -0.0674. The van der Waals surface area contributed by atoms with Crippen molar-refractivity contribution in [2.45, 2.75) is 31.7 Å². The number of ether oxygens (including phenoxy) is 1. The molecule has 28 heavy (non-hydrogen) atoms. The first-order chi connectivity index (χ1) is 13.6. The lowest BCUT2D eigenvalue weighted by molar-refractivity contribution is 0.0548. The van der Waals surface area contributed by atoms with Crippen LogP contribution in [0.5, 0.6) is 5.75 Å². The van der Waals surface area contributed by atoms with E-state index < -0.39 is 11.8 Å². The number of fused-ring (bicyclic) bond motifs is 2. The van der Waals surface area contributed by atoms with Crippen LogP contribution in [0.4, 0.5) is 20.6 Å². The SMILES string of the molecule is O=C(Nc1ccc2c(c1)C(=O)N1CCCC[C@H]1CCO2)Nc1ccccc1F. The molecule has 2 N–H and O–H groups in total. The molecule has 1 fully saturated rings. The van der Waals surface area contributed by atoms with Gasteiger partial charge in [-0.2, -0.15) is 0 Å². The summed E-state index contributed by atoms with van der Waals surface area (Å²) in [5.41, 5.74) is 0.968. The van der Waals surface area contributed by atoms with E-state index in [1.54, 1.807) is 30.3 Å². The molecule has 2 aromatic carbocycles. The van der Waals surface area contributed by atoms with Gasteiger partial charge >= 0.3 is 6.03 Å². The van der Waals surface area contributed by atoms with E-state index in [1.165, 1.54) is 12.1 Å². The van der Waals surface area contributed by atoms with Gasteiger partial charge < -0.3 is 20.3 Å². The van der Waals surface area contributed by atoms with Gasteiger partial charge in [0.2, 0.25) is 0 Å². The van der Waals surface area contributed by atoms with Crippen molar-refractivity contribution >= 4 is 23.3 Å². The number of para-hydroxylation sites is 1. The largest absolute Gasteiger partial charge is 0.493 e. The average Bonchev–Trinajstić information content (AvgIpc) is 2.69. The van der Waals surface area contributed by atoms with Crippen LogP contribution < -0.4 is 15.4 Å². The van der Waals surface area contributed by atoms with Crippen LogP contribution in [0.2, 0.25) is 0 Å². The molecule has 0 spiro atoms. The first kappa shape index (κ1) is 18.3. The summed E-state index contributed by atoms with van der Waals surface area (Å²) in [6.07, 6.45) is 3.95. The Hall–Kier alpha value is -3.09. The fraction of sp³-hybridized carbons (Fsp3) is 0.333. The standard InChI is InChI=1S/C21H22FN3O3/c22-17-6-1-2-7-18(17)24-21(27)23-14-8-9-19-16(13-14)20(26)25-11-4-3-5-15(25)10-12-28-19/h1-2,6-9,13,15H,3-5,10-12H2,(H2,23,24,27)/t15-/m0/s1. The van der Waals surface area contributed by atoms with Crippen LogP contribution in [0.1, 0.15) is 36.0 Å². The number of benzene rings is 2. The van der Waals surface area contributed by atoms with Crippen LogP contribution in [-0.4, -0.2) is 36.0 Å². The minimum atomic E-state index is -0.583. The Bertz CT molecular complexity index is 902. The molecule has 0 bridgehead atoms. The number of hydrogen-bond acceptors (Lipinski definition) is 3. The number of rotatable bonds is 2. The van der Waals surface area contributed by atoms with Gasteiger partial charge in [0.25, 0.3) is 5.91 Å². The highest BCUT2D eigenvalue weighted by atomic mass is 19.1. The molecule has 146 valence electrons. The van der Waals surface area contributed by atoms with E-state index in [0.717, 1.165) is 32.2 Å². The molecule has 0 saturated carbocycles. The number of nitrogens with one attached hydrogen (secondary N) is 2. The van der Waals surface area contributed by atoms with E-state index in [4.69, 9.17) is 4.74 Å². The lowest BCUT2D eigenvalue weighted by Crippen LogP contribution is -2.45. The zero-order valence-electron chi connectivity index (χ0n) is 15.4. The van der Waals surface area contributed by atoms with Crippen LogP contribution in [0.25, 0.3) is 0 Å². The zero-order valence-corrected chi connectivity index (χ0v) is 15.4. The summed E-state index contributed by atoms with van der Waals surface area (Å²) in [7, 11) is 0. The number of amides is 3. The van der Waals surface area contributed by atoms with Gasteiger partial charge in [-0.1, -0.05) is 12.1 Å². The molecule has 2 heterocycles. The second-order valence-electron chi connectivity index (χ2n) is 7.06. The molecule has 2 aliphatic heterocycles. The van der Waals surface area contributed by atoms with Crippen molar-refractivity contribution in [2.24, 2.45) is 0 Å². The van der Waals surface area contributed by atoms with Crippen molar-refractivity contribution in [3.05, 3.63) is 53.8 Å². The smallest absolute Gasteiger partial charge is 0.323 e. The second kappa shape index (κ2) is 7.88. The first-order valence-corrected chi connectivity index (χ1v) is 9.52. The van der Waals surface area contributed by atoms with E-state index in [-0.39, 0.29) is 17.6 Å². The van der Waals surface area contributed by atoms with Crippen LogP contribution in [-0.2, 0) is 0 Å². The zero-order chi connectivity index (χ0) is 19.5. The Morgan fingerprint density at radius 2 is 1.96 bits per heavy atom. The van der Waals surface area contributed by atoms with Gasteiger partial charge in [0.15, 0.2) is 0 Å². The molecule has 1 atom stereocenters. The quantitative estimate of drug-likeness (QED) is 0.815. The van der Waals surface area contributed by atoms with Gasteiger partial charge in [0.1, 0.15) is 11.6 Å². The fourth-order valence-corrected chi connectivity index (χ4v) is 3.78. The molecular formula is C21H22FN3O3. The number of halogens is 1. The fourth-order valence-electron chi connectivity index (χ4n) is 3.78. The summed E-state index contributed by atoms with van der Waals surface area (Å²) in [4.78, 5) is 27.2. The van der Waals surface area contributed by atoms with Crippen molar-refractivity contribution in [2.75, 3.05) is 23.8 Å². The number of carbonyl (C=O) groups is 2. The summed E-state index contributed by atoms with van der Waals surface area (Å²) >= 11 is 0. The predicted octanol–water partition coefficient (Wildman–Crippen LogP) is 4.25. The predicted molar refractivity (Wildman–Crippen MR) is 104 cm³/mol. The van der Waals surface area contributed by atoms with Crippen molar-refractivity contribution < 1.29 is 18.7 Å². The third kappa shape index (κ3) is 3.78. The normalized spacial score (nSPS) is 18.8. The number of carbonyl (C=O) groups excluding carboxylic acids is 2. The second-order valence-corrected chi connectivity index (χ2v) is 7.06. The maximum atomic E-state index is 13.7. The summed E-state index contributed by atoms with van der Waals surface area (Å²) in [6.45, 7) is 1.30. The van der Waals surface area contributed by atoms with Gasteiger partial charge in [-0.25, -0.2) is 9.18 Å². The summed E-state index contributed by atoms with van der Waals surface area (Å²) < 4.78 is 19.5. The van der Waals surface area contributed by atoms with Crippen LogP contribution in [0, 0.1) is 5.82 Å². The summed E-state index contributed by atoms with van der Waals surface area (Å²) in [6, 6.07) is 10.5. The monoisotopic (exact) mass is 383 g/mol. The Morgan fingerprint density at radius 1 is 1.11 bits per heavy atom. The van der Waals surface area contributed by atoms with E-state index in [9.17, 15) is 14.0 Å². The van der Waals surface area contributed by atoms with Crippen LogP contribution >= 0.6 is 0 Å². The third-order valence-corrected chi connectivity index (χ3v) is 5.19.